The first-order valence-electron chi connectivity index (χ1n) is 9.75. The molecule has 9 nitrogen and oxygen atoms in total. The number of aromatic amines is 1. The number of carboxylic acid groups (broad SMARTS) is 1. The van der Waals surface area contributed by atoms with Gasteiger partial charge in [-0.05, 0) is 42.0 Å². The lowest BCUT2D eigenvalue weighted by atomic mass is 9.81. The van der Waals surface area contributed by atoms with Gasteiger partial charge in [0.1, 0.15) is 5.75 Å². The molecule has 0 radical (unpaired) electrons. The highest BCUT2D eigenvalue weighted by Crippen LogP contribution is 2.31. The Morgan fingerprint density at radius 2 is 2.03 bits per heavy atom. The Morgan fingerprint density at radius 1 is 1.20 bits per heavy atom. The summed E-state index contributed by atoms with van der Waals surface area (Å²) >= 11 is 0. The van der Waals surface area contributed by atoms with E-state index in [0.29, 0.717) is 30.3 Å². The van der Waals surface area contributed by atoms with E-state index in [1.165, 1.54) is 0 Å². The molecule has 0 spiro atoms. The maximum absolute atomic E-state index is 11.9. The number of carbonyl (C=O) groups is 1. The van der Waals surface area contributed by atoms with Crippen LogP contribution in [0.25, 0.3) is 0 Å². The first kappa shape index (κ1) is 21.4. The fourth-order valence-corrected chi connectivity index (χ4v) is 3.36. The molecule has 2 atom stereocenters. The van der Waals surface area contributed by atoms with Crippen LogP contribution < -0.4 is 4.74 Å². The summed E-state index contributed by atoms with van der Waals surface area (Å²) in [7, 11) is 0. The molecule has 158 valence electrons. The van der Waals surface area contributed by atoms with Crippen molar-refractivity contribution in [1.82, 2.24) is 25.6 Å². The highest BCUT2D eigenvalue weighted by atomic mass is 16.5. The van der Waals surface area contributed by atoms with Crippen molar-refractivity contribution in [1.29, 1.82) is 0 Å². The van der Waals surface area contributed by atoms with Crippen LogP contribution in [-0.4, -0.2) is 41.8 Å². The van der Waals surface area contributed by atoms with Crippen molar-refractivity contribution in [3.8, 4) is 11.6 Å². The van der Waals surface area contributed by atoms with Gasteiger partial charge >= 0.3 is 5.97 Å². The molecule has 0 aliphatic carbocycles. The van der Waals surface area contributed by atoms with Gasteiger partial charge in [0.25, 0.3) is 0 Å². The van der Waals surface area contributed by atoms with Crippen LogP contribution >= 0.6 is 0 Å². The second kappa shape index (κ2) is 9.93. The first-order valence-corrected chi connectivity index (χ1v) is 9.75. The summed E-state index contributed by atoms with van der Waals surface area (Å²) in [5, 5.41) is 33.1. The number of H-pyrrole nitrogens is 1. The molecular weight excluding hydrogens is 386 g/mol. The Bertz CT molecular complexity index is 944. The number of carboxylic acids is 1. The Balaban J connectivity index is 1.77. The van der Waals surface area contributed by atoms with Crippen LogP contribution in [0.5, 0.6) is 11.6 Å². The van der Waals surface area contributed by atoms with Crippen molar-refractivity contribution in [3.05, 3.63) is 59.5 Å². The number of nitrogens with zero attached hydrogens (tertiary/aromatic N) is 4. The lowest BCUT2D eigenvalue weighted by Gasteiger charge is -2.23. The highest BCUT2D eigenvalue weighted by molar-refractivity contribution is 5.71. The van der Waals surface area contributed by atoms with Crippen LogP contribution in [0.1, 0.15) is 43.1 Å². The number of pyridine rings is 1. The molecule has 2 heterocycles. The smallest absolute Gasteiger partial charge is 0.307 e. The van der Waals surface area contributed by atoms with E-state index in [4.69, 9.17) is 4.74 Å². The Morgan fingerprint density at radius 3 is 2.63 bits per heavy atom. The van der Waals surface area contributed by atoms with Gasteiger partial charge in [0.15, 0.2) is 5.82 Å². The molecule has 3 aromatic rings. The third kappa shape index (κ3) is 5.60. The van der Waals surface area contributed by atoms with Crippen LogP contribution in [-0.2, 0) is 17.8 Å². The number of nitrogens with one attached hydrogen (secondary N) is 1. The molecule has 2 unspecified atom stereocenters. The number of aromatic nitrogens is 5. The number of aliphatic hydroxyl groups excluding tert-OH is 1. The summed E-state index contributed by atoms with van der Waals surface area (Å²) in [6.07, 6.45) is 2.58. The first-order chi connectivity index (χ1) is 14.5. The number of benzene rings is 1. The molecule has 0 saturated carbocycles. The Kier molecular flexibility index (Phi) is 7.08. The molecule has 0 saturated heterocycles. The molecule has 30 heavy (non-hydrogen) atoms. The summed E-state index contributed by atoms with van der Waals surface area (Å²) in [4.78, 5) is 16.3. The van der Waals surface area contributed by atoms with E-state index >= 15 is 0 Å². The monoisotopic (exact) mass is 411 g/mol. The molecule has 0 amide bonds. The molecule has 2 aromatic heterocycles. The highest BCUT2D eigenvalue weighted by Gasteiger charge is 2.33. The minimum Gasteiger partial charge on any atom is -0.481 e. The average molecular weight is 411 g/mol. The molecule has 1 aromatic carbocycles. The summed E-state index contributed by atoms with van der Waals surface area (Å²) in [5.74, 6) is -0.377. The zero-order valence-electron chi connectivity index (χ0n) is 16.9. The van der Waals surface area contributed by atoms with E-state index in [2.05, 4.69) is 25.6 Å². The largest absolute Gasteiger partial charge is 0.481 e. The lowest BCUT2D eigenvalue weighted by molar-refractivity contribution is -0.143. The molecule has 0 aliphatic rings. The van der Waals surface area contributed by atoms with Gasteiger partial charge < -0.3 is 14.9 Å². The van der Waals surface area contributed by atoms with Crippen molar-refractivity contribution < 1.29 is 19.7 Å². The van der Waals surface area contributed by atoms with Crippen molar-refractivity contribution in [2.45, 2.75) is 39.2 Å². The molecule has 3 rings (SSSR count). The van der Waals surface area contributed by atoms with Gasteiger partial charge in [-0.3, -0.25) is 4.79 Å². The third-order valence-corrected chi connectivity index (χ3v) is 4.78. The van der Waals surface area contributed by atoms with E-state index in [0.717, 1.165) is 11.1 Å². The van der Waals surface area contributed by atoms with Crippen molar-refractivity contribution in [3.63, 3.8) is 0 Å². The predicted molar refractivity (Wildman–Crippen MR) is 108 cm³/mol. The topological polar surface area (TPSA) is 134 Å². The number of ether oxygens (including phenoxy) is 1. The van der Waals surface area contributed by atoms with Crippen molar-refractivity contribution in [2.24, 2.45) is 11.8 Å². The van der Waals surface area contributed by atoms with Gasteiger partial charge in [-0.2, -0.15) is 5.21 Å². The summed E-state index contributed by atoms with van der Waals surface area (Å²) in [6, 6.07) is 10.7. The van der Waals surface area contributed by atoms with E-state index in [1.807, 2.05) is 19.9 Å². The van der Waals surface area contributed by atoms with Crippen LogP contribution in [0.3, 0.4) is 0 Å². The summed E-state index contributed by atoms with van der Waals surface area (Å²) < 4.78 is 5.74. The zero-order chi connectivity index (χ0) is 21.5. The predicted octanol–water partition coefficient (Wildman–Crippen LogP) is 2.95. The number of tetrazole rings is 1. The lowest BCUT2D eigenvalue weighted by Crippen LogP contribution is -2.26. The summed E-state index contributed by atoms with van der Waals surface area (Å²) in [5.41, 5.74) is 1.59. The third-order valence-electron chi connectivity index (χ3n) is 4.78. The van der Waals surface area contributed by atoms with Gasteiger partial charge in [0.05, 0.1) is 12.5 Å². The van der Waals surface area contributed by atoms with Gasteiger partial charge in [-0.25, -0.2) is 4.98 Å². The van der Waals surface area contributed by atoms with Crippen LogP contribution in [0, 0.1) is 11.8 Å². The van der Waals surface area contributed by atoms with Crippen molar-refractivity contribution >= 4 is 5.97 Å². The number of rotatable bonds is 10. The normalized spacial score (nSPS) is 13.2. The molecule has 9 heteroatoms. The minimum atomic E-state index is -0.879. The Labute approximate surface area is 174 Å². The van der Waals surface area contributed by atoms with Gasteiger partial charge in [0, 0.05) is 18.2 Å². The molecule has 0 bridgehead atoms. The van der Waals surface area contributed by atoms with Crippen LogP contribution in [0.4, 0.5) is 0 Å². The second-order valence-electron chi connectivity index (χ2n) is 7.57. The molecular formula is C21H25N5O4. The standard InChI is InChI=1S/C21H25N5O4/c1-13(2)8-18(21(28)29)17(20-23-25-26-24-20)10-14-6-7-19(22-11-14)30-16-5-3-4-15(9-16)12-27/h3-7,9,11,13,17-18,27H,8,10,12H2,1-2H3,(H,28,29)(H,23,24,25,26). The minimum absolute atomic E-state index is 0.0673. The van der Waals surface area contributed by atoms with Crippen LogP contribution in [0.2, 0.25) is 0 Å². The van der Waals surface area contributed by atoms with Crippen molar-refractivity contribution in [2.75, 3.05) is 0 Å². The van der Waals surface area contributed by atoms with Crippen LogP contribution in [0.15, 0.2) is 42.6 Å². The molecule has 3 N–H and O–H groups in total. The Hall–Kier alpha value is -3.33. The number of aliphatic hydroxyl groups is 1. The maximum Gasteiger partial charge on any atom is 0.307 e. The SMILES string of the molecule is CC(C)CC(C(=O)O)C(Cc1ccc(Oc2cccc(CO)c2)nc1)c1nn[nH]n1. The molecule has 0 aliphatic heterocycles. The fourth-order valence-electron chi connectivity index (χ4n) is 3.36. The van der Waals surface area contributed by atoms with Gasteiger partial charge in [0.2, 0.25) is 5.88 Å². The number of hydrogen-bond acceptors (Lipinski definition) is 7. The van der Waals surface area contributed by atoms with Gasteiger partial charge in [-0.1, -0.05) is 37.3 Å². The number of aliphatic carboxylic acids is 1. The quantitative estimate of drug-likeness (QED) is 0.463. The summed E-state index contributed by atoms with van der Waals surface area (Å²) in [6.45, 7) is 3.91. The average Bonchev–Trinajstić information content (AvgIpc) is 3.26. The van der Waals surface area contributed by atoms with E-state index < -0.39 is 17.8 Å². The van der Waals surface area contributed by atoms with Gasteiger partial charge in [-0.15, -0.1) is 10.2 Å². The van der Waals surface area contributed by atoms with E-state index in [-0.39, 0.29) is 12.5 Å². The van der Waals surface area contributed by atoms with E-state index in [9.17, 15) is 15.0 Å². The second-order valence-corrected chi connectivity index (χ2v) is 7.57. The van der Waals surface area contributed by atoms with E-state index in [1.54, 1.807) is 36.5 Å². The maximum atomic E-state index is 11.9. The fraction of sp³-hybridized carbons (Fsp3) is 0.381. The zero-order valence-corrected chi connectivity index (χ0v) is 16.9. The number of hydrogen-bond donors (Lipinski definition) is 3. The molecule has 0 fully saturated rings.